The van der Waals surface area contributed by atoms with Crippen LogP contribution in [0.15, 0.2) is 102 Å². The number of benzene rings is 1. The molecule has 0 unspecified atom stereocenters. The summed E-state index contributed by atoms with van der Waals surface area (Å²) in [6.45, 7) is 7.67. The van der Waals surface area contributed by atoms with Crippen LogP contribution in [0.25, 0.3) is 5.57 Å². The van der Waals surface area contributed by atoms with E-state index < -0.39 is 17.8 Å². The average Bonchev–Trinajstić information content (AvgIpc) is 2.92. The third kappa shape index (κ3) is 9.50. The van der Waals surface area contributed by atoms with Crippen molar-refractivity contribution in [2.45, 2.75) is 57.8 Å². The van der Waals surface area contributed by atoms with Gasteiger partial charge in [0.05, 0.1) is 11.6 Å². The van der Waals surface area contributed by atoms with E-state index in [2.05, 4.69) is 19.2 Å². The van der Waals surface area contributed by atoms with Gasteiger partial charge in [0.2, 0.25) is 0 Å². The minimum Gasteiger partial charge on any atom is -0.431 e. The number of allylic oxidation sites excluding steroid dienone is 11. The Morgan fingerprint density at radius 1 is 0.923 bits per heavy atom. The van der Waals surface area contributed by atoms with Gasteiger partial charge in [0.25, 0.3) is 0 Å². The molecular weight excluding hydrogens is 500 g/mol. The van der Waals surface area contributed by atoms with E-state index in [0.29, 0.717) is 55.2 Å². The summed E-state index contributed by atoms with van der Waals surface area (Å²) in [4.78, 5) is 24.2. The Morgan fingerprint density at radius 2 is 1.64 bits per heavy atom. The summed E-state index contributed by atoms with van der Waals surface area (Å²) in [6.07, 6.45) is 11.0. The Kier molecular flexibility index (Phi) is 10.9. The van der Waals surface area contributed by atoms with Gasteiger partial charge in [0.15, 0.2) is 0 Å². The fourth-order valence-electron chi connectivity index (χ4n) is 4.12. The molecule has 0 saturated carbocycles. The largest absolute Gasteiger partial charge is 0.431 e. The van der Waals surface area contributed by atoms with Crippen LogP contribution >= 0.6 is 0 Å². The first-order chi connectivity index (χ1) is 18.7. The Bertz CT molecular complexity index is 1320. The second-order valence-corrected chi connectivity index (χ2v) is 9.27. The molecule has 3 rings (SSSR count). The zero-order valence-corrected chi connectivity index (χ0v) is 21.8. The highest BCUT2D eigenvalue weighted by Crippen LogP contribution is 2.35. The summed E-state index contributed by atoms with van der Waals surface area (Å²) >= 11 is 0. The van der Waals surface area contributed by atoms with Crippen molar-refractivity contribution in [2.75, 3.05) is 0 Å². The quantitative estimate of drug-likeness (QED) is 0.118. The van der Waals surface area contributed by atoms with Crippen molar-refractivity contribution in [2.24, 2.45) is 0 Å². The molecule has 0 amide bonds. The van der Waals surface area contributed by atoms with Gasteiger partial charge in [0.1, 0.15) is 23.2 Å². The zero-order chi connectivity index (χ0) is 28.2. The van der Waals surface area contributed by atoms with Crippen LogP contribution in [0.3, 0.4) is 0 Å². The van der Waals surface area contributed by atoms with Crippen LogP contribution in [0.5, 0.6) is 0 Å². The first-order valence-electron chi connectivity index (χ1n) is 12.9. The van der Waals surface area contributed by atoms with Gasteiger partial charge in [-0.15, -0.1) is 0 Å². The maximum Gasteiger partial charge on any atom is 0.311 e. The van der Waals surface area contributed by atoms with E-state index in [4.69, 9.17) is 14.7 Å². The molecule has 0 saturated heterocycles. The van der Waals surface area contributed by atoms with E-state index in [0.717, 1.165) is 11.1 Å². The van der Waals surface area contributed by atoms with Gasteiger partial charge < -0.3 is 9.47 Å². The number of rotatable bonds is 12. The second-order valence-electron chi connectivity index (χ2n) is 9.27. The number of nitriles is 1. The summed E-state index contributed by atoms with van der Waals surface area (Å²) in [5.74, 6) is -1.04. The third-order valence-electron chi connectivity index (χ3n) is 6.29. The first-order valence-corrected chi connectivity index (χ1v) is 12.9. The van der Waals surface area contributed by atoms with Gasteiger partial charge in [-0.1, -0.05) is 43.9 Å². The average molecular weight is 532 g/mol. The lowest BCUT2D eigenvalue weighted by Gasteiger charge is -2.19. The molecule has 0 atom stereocenters. The van der Waals surface area contributed by atoms with Gasteiger partial charge in [-0.05, 0) is 72.3 Å². The molecule has 5 nitrogen and oxygen atoms in total. The maximum atomic E-state index is 14.5. The Hall–Kier alpha value is -4.31. The molecule has 202 valence electrons. The lowest BCUT2D eigenvalue weighted by atomic mass is 9.90. The van der Waals surface area contributed by atoms with Crippen LogP contribution < -0.4 is 0 Å². The van der Waals surface area contributed by atoms with Crippen LogP contribution in [0.1, 0.15) is 68.9 Å². The maximum absolute atomic E-state index is 14.5. The van der Waals surface area contributed by atoms with Crippen molar-refractivity contribution < 1.29 is 27.8 Å². The van der Waals surface area contributed by atoms with E-state index in [-0.39, 0.29) is 36.6 Å². The molecule has 0 bridgehead atoms. The Balaban J connectivity index is 1.31. The van der Waals surface area contributed by atoms with Gasteiger partial charge in [0, 0.05) is 31.8 Å². The number of nitrogens with zero attached hydrogens (tertiary/aromatic N) is 1. The minimum absolute atomic E-state index is 0.159. The number of hydrogen-bond acceptors (Lipinski definition) is 5. The molecule has 0 spiro atoms. The number of carbonyl (C=O) groups excluding carboxylic acids is 2. The number of esters is 2. The molecular formula is C32H31F2NO4. The predicted octanol–water partition coefficient (Wildman–Crippen LogP) is 8.15. The second kappa shape index (κ2) is 14.6. The van der Waals surface area contributed by atoms with Crippen LogP contribution in [0.2, 0.25) is 0 Å². The standard InChI is InChI=1S/C32H31F2NO4/c1-22(25-12-10-24(21-35)11-13-25)8-9-23(2)38-31(36)6-4-3-5-7-32(37)39-28-18-19-29(30(34)20-28)26-14-16-27(33)17-15-26/h8-14,16,20H,1-7,15,17-19H2/b9-8-. The van der Waals surface area contributed by atoms with Crippen LogP contribution in [0, 0.1) is 11.3 Å². The van der Waals surface area contributed by atoms with Crippen LogP contribution in [-0.4, -0.2) is 11.9 Å². The summed E-state index contributed by atoms with van der Waals surface area (Å²) in [5.41, 5.74) is 3.39. The molecule has 2 aliphatic rings. The zero-order valence-electron chi connectivity index (χ0n) is 21.8. The molecule has 2 aliphatic carbocycles. The van der Waals surface area contributed by atoms with Gasteiger partial charge >= 0.3 is 11.9 Å². The summed E-state index contributed by atoms with van der Waals surface area (Å²) in [6, 6.07) is 9.01. The summed E-state index contributed by atoms with van der Waals surface area (Å²) in [5, 5.41) is 8.87. The molecule has 0 fully saturated rings. The molecule has 1 aromatic rings. The fraction of sp³-hybridized carbons (Fsp3) is 0.281. The minimum atomic E-state index is -0.445. The van der Waals surface area contributed by atoms with Crippen molar-refractivity contribution in [1.29, 1.82) is 5.26 Å². The topological polar surface area (TPSA) is 76.4 Å². The molecule has 0 aliphatic heterocycles. The van der Waals surface area contributed by atoms with Crippen molar-refractivity contribution in [3.8, 4) is 6.07 Å². The number of hydrogen-bond donors (Lipinski definition) is 0. The van der Waals surface area contributed by atoms with E-state index in [9.17, 15) is 18.4 Å². The predicted molar refractivity (Wildman–Crippen MR) is 146 cm³/mol. The lowest BCUT2D eigenvalue weighted by molar-refractivity contribution is -0.140. The molecule has 0 aromatic heterocycles. The Labute approximate surface area is 227 Å². The van der Waals surface area contributed by atoms with E-state index >= 15 is 0 Å². The third-order valence-corrected chi connectivity index (χ3v) is 6.29. The molecule has 1 aromatic carbocycles. The van der Waals surface area contributed by atoms with Gasteiger partial charge in [-0.25, -0.2) is 8.78 Å². The molecule has 39 heavy (non-hydrogen) atoms. The smallest absolute Gasteiger partial charge is 0.311 e. The molecule has 0 radical (unpaired) electrons. The van der Waals surface area contributed by atoms with Crippen molar-refractivity contribution in [1.82, 2.24) is 0 Å². The normalized spacial score (nSPS) is 15.2. The molecule has 7 heteroatoms. The van der Waals surface area contributed by atoms with Gasteiger partial charge in [-0.3, -0.25) is 9.59 Å². The summed E-state index contributed by atoms with van der Waals surface area (Å²) < 4.78 is 38.2. The highest BCUT2D eigenvalue weighted by molar-refractivity contribution is 5.74. The fourth-order valence-corrected chi connectivity index (χ4v) is 4.12. The SMILES string of the molecule is C=C(/C=C\C(=C)c1ccc(C#N)cc1)OC(=O)CCCCCC(=O)OC1=CC(F)=C(C2=CC=C(F)CC2)CC1. The number of unbranched alkanes of at least 4 members (excludes halogenated alkanes) is 2. The van der Waals surface area contributed by atoms with E-state index in [1.54, 1.807) is 42.5 Å². The van der Waals surface area contributed by atoms with Crippen molar-refractivity contribution >= 4 is 17.5 Å². The van der Waals surface area contributed by atoms with Gasteiger partial charge in [-0.2, -0.15) is 5.26 Å². The van der Waals surface area contributed by atoms with Crippen molar-refractivity contribution in [3.63, 3.8) is 0 Å². The number of ether oxygens (including phenoxy) is 2. The highest BCUT2D eigenvalue weighted by Gasteiger charge is 2.20. The monoisotopic (exact) mass is 531 g/mol. The van der Waals surface area contributed by atoms with Crippen LogP contribution in [-0.2, 0) is 19.1 Å². The molecule has 0 N–H and O–H groups in total. The highest BCUT2D eigenvalue weighted by atomic mass is 19.1. The first kappa shape index (κ1) is 29.2. The van der Waals surface area contributed by atoms with E-state index in [1.165, 1.54) is 12.2 Å². The molecule has 0 heterocycles. The lowest BCUT2D eigenvalue weighted by Crippen LogP contribution is -2.09. The Morgan fingerprint density at radius 3 is 2.28 bits per heavy atom. The number of halogens is 2. The number of carbonyl (C=O) groups is 2. The summed E-state index contributed by atoms with van der Waals surface area (Å²) in [7, 11) is 0. The van der Waals surface area contributed by atoms with Crippen molar-refractivity contribution in [3.05, 3.63) is 113 Å². The van der Waals surface area contributed by atoms with Crippen LogP contribution in [0.4, 0.5) is 8.78 Å². The van der Waals surface area contributed by atoms with E-state index in [1.807, 2.05) is 0 Å².